The summed E-state index contributed by atoms with van der Waals surface area (Å²) in [6.45, 7) is 4.52. The van der Waals surface area contributed by atoms with Crippen LogP contribution in [0.2, 0.25) is 0 Å². The summed E-state index contributed by atoms with van der Waals surface area (Å²) >= 11 is 5.79. The molecule has 0 saturated carbocycles. The van der Waals surface area contributed by atoms with Crippen LogP contribution in [-0.2, 0) is 17.8 Å². The van der Waals surface area contributed by atoms with Gasteiger partial charge in [0.05, 0.1) is 18.3 Å². The molecule has 0 bridgehead atoms. The van der Waals surface area contributed by atoms with E-state index in [0.717, 1.165) is 68.3 Å². The van der Waals surface area contributed by atoms with Crippen LogP contribution in [0.3, 0.4) is 0 Å². The number of aromatic nitrogens is 3. The van der Waals surface area contributed by atoms with Gasteiger partial charge in [-0.1, -0.05) is 6.07 Å². The fourth-order valence-electron chi connectivity index (χ4n) is 4.26. The summed E-state index contributed by atoms with van der Waals surface area (Å²) in [5, 5.41) is 0. The first-order chi connectivity index (χ1) is 13.7. The summed E-state index contributed by atoms with van der Waals surface area (Å²) in [5.74, 6) is 2.23. The summed E-state index contributed by atoms with van der Waals surface area (Å²) in [7, 11) is 0. The molecule has 2 aliphatic heterocycles. The lowest BCUT2D eigenvalue weighted by Gasteiger charge is -2.32. The Morgan fingerprint density at radius 3 is 2.93 bits per heavy atom. The second-order valence-corrected chi connectivity index (χ2v) is 7.88. The fourth-order valence-corrected chi connectivity index (χ4v) is 4.42. The Morgan fingerprint density at radius 2 is 2.14 bits per heavy atom. The zero-order valence-corrected chi connectivity index (χ0v) is 17.0. The minimum Gasteiger partial charge on any atom is -0.350 e. The van der Waals surface area contributed by atoms with Crippen molar-refractivity contribution in [3.63, 3.8) is 0 Å². The third-order valence-corrected chi connectivity index (χ3v) is 5.81. The molecule has 2 aromatic rings. The largest absolute Gasteiger partial charge is 0.350 e. The van der Waals surface area contributed by atoms with E-state index in [2.05, 4.69) is 16.8 Å². The first kappa shape index (κ1) is 19.1. The van der Waals surface area contributed by atoms with E-state index >= 15 is 0 Å². The van der Waals surface area contributed by atoms with Gasteiger partial charge in [0, 0.05) is 42.8 Å². The molecule has 7 heteroatoms. The van der Waals surface area contributed by atoms with Crippen molar-refractivity contribution < 1.29 is 4.79 Å². The molecule has 148 valence electrons. The number of hydrogen-bond donors (Lipinski definition) is 0. The van der Waals surface area contributed by atoms with Crippen molar-refractivity contribution in [1.82, 2.24) is 19.9 Å². The molecule has 4 rings (SSSR count). The highest BCUT2D eigenvalue weighted by Crippen LogP contribution is 2.34. The van der Waals surface area contributed by atoms with Gasteiger partial charge in [-0.15, -0.1) is 11.6 Å². The Hall–Kier alpha value is -2.21. The highest BCUT2D eigenvalue weighted by atomic mass is 35.5. The molecule has 2 aliphatic rings. The number of amides is 1. The number of rotatable bonds is 5. The normalized spacial score (nSPS) is 19.0. The second-order valence-electron chi connectivity index (χ2n) is 7.50. The van der Waals surface area contributed by atoms with Crippen LogP contribution in [-0.4, -0.2) is 44.7 Å². The average molecular weight is 400 g/mol. The van der Waals surface area contributed by atoms with E-state index < -0.39 is 0 Å². The quantitative estimate of drug-likeness (QED) is 0.721. The van der Waals surface area contributed by atoms with Crippen LogP contribution in [0.25, 0.3) is 0 Å². The molecule has 0 radical (unpaired) electrons. The predicted octanol–water partition coefficient (Wildman–Crippen LogP) is 3.43. The molecule has 0 spiro atoms. The summed E-state index contributed by atoms with van der Waals surface area (Å²) < 4.78 is 0. The molecule has 28 heavy (non-hydrogen) atoms. The summed E-state index contributed by atoms with van der Waals surface area (Å²) in [6.07, 6.45) is 6.18. The first-order valence-corrected chi connectivity index (χ1v) is 10.6. The number of pyridine rings is 1. The Bertz CT molecular complexity index is 844. The molecular weight excluding hydrogens is 374 g/mol. The van der Waals surface area contributed by atoms with Gasteiger partial charge < -0.3 is 9.80 Å². The van der Waals surface area contributed by atoms with Crippen LogP contribution < -0.4 is 4.90 Å². The SMILES string of the molecule is Cc1nc(C2CCCN2C(=O)CCCl)nc2c1CCCN2Cc1ccccn1. The number of likely N-dealkylation sites (tertiary alicyclic amines) is 1. The third-order valence-electron chi connectivity index (χ3n) is 5.62. The van der Waals surface area contributed by atoms with Crippen molar-refractivity contribution in [2.45, 2.75) is 51.6 Å². The maximum Gasteiger partial charge on any atom is 0.224 e. The van der Waals surface area contributed by atoms with Crippen LogP contribution in [0.4, 0.5) is 5.82 Å². The Kier molecular flexibility index (Phi) is 5.76. The Labute approximate surface area is 170 Å². The molecule has 0 N–H and O–H groups in total. The number of hydrogen-bond acceptors (Lipinski definition) is 5. The molecule has 0 aromatic carbocycles. The van der Waals surface area contributed by atoms with Gasteiger partial charge in [-0.3, -0.25) is 9.78 Å². The van der Waals surface area contributed by atoms with E-state index in [9.17, 15) is 4.79 Å². The van der Waals surface area contributed by atoms with E-state index in [4.69, 9.17) is 21.6 Å². The first-order valence-electron chi connectivity index (χ1n) is 10.0. The molecule has 6 nitrogen and oxygen atoms in total. The van der Waals surface area contributed by atoms with Crippen molar-refractivity contribution in [3.8, 4) is 0 Å². The van der Waals surface area contributed by atoms with Crippen molar-refractivity contribution in [3.05, 3.63) is 47.2 Å². The molecule has 1 fully saturated rings. The highest BCUT2D eigenvalue weighted by molar-refractivity contribution is 6.18. The van der Waals surface area contributed by atoms with Gasteiger partial charge >= 0.3 is 0 Å². The van der Waals surface area contributed by atoms with Crippen LogP contribution in [0.1, 0.15) is 54.5 Å². The van der Waals surface area contributed by atoms with Gasteiger partial charge in [-0.05, 0) is 44.7 Å². The molecule has 1 saturated heterocycles. The Morgan fingerprint density at radius 1 is 1.25 bits per heavy atom. The van der Waals surface area contributed by atoms with Gasteiger partial charge in [0.1, 0.15) is 5.82 Å². The lowest BCUT2D eigenvalue weighted by atomic mass is 10.0. The smallest absolute Gasteiger partial charge is 0.224 e. The number of carbonyl (C=O) groups excluding carboxylic acids is 1. The molecule has 4 heterocycles. The van der Waals surface area contributed by atoms with E-state index in [0.29, 0.717) is 12.3 Å². The fraction of sp³-hybridized carbons (Fsp3) is 0.524. The molecule has 1 unspecified atom stereocenters. The lowest BCUT2D eigenvalue weighted by molar-refractivity contribution is -0.131. The number of anilines is 1. The van der Waals surface area contributed by atoms with Gasteiger partial charge in [-0.2, -0.15) is 0 Å². The van der Waals surface area contributed by atoms with Crippen LogP contribution in [0.5, 0.6) is 0 Å². The zero-order valence-electron chi connectivity index (χ0n) is 16.3. The molecular formula is C21H26ClN5O. The predicted molar refractivity (Wildman–Crippen MR) is 109 cm³/mol. The van der Waals surface area contributed by atoms with Crippen LogP contribution >= 0.6 is 11.6 Å². The number of carbonyl (C=O) groups is 1. The standard InChI is InChI=1S/C21H26ClN5O/c1-15-17-7-4-12-26(14-16-6-2-3-11-23-16)21(17)25-20(24-15)18-8-5-13-27(18)19(28)9-10-22/h2-3,6,11,18H,4-5,7-10,12-14H2,1H3. The van der Waals surface area contributed by atoms with Crippen molar-refractivity contribution in [1.29, 1.82) is 0 Å². The lowest BCUT2D eigenvalue weighted by Crippen LogP contribution is -2.34. The molecule has 2 aromatic heterocycles. The van der Waals surface area contributed by atoms with Crippen molar-refractivity contribution >= 4 is 23.3 Å². The van der Waals surface area contributed by atoms with Gasteiger partial charge in [0.15, 0.2) is 5.82 Å². The van der Waals surface area contributed by atoms with Crippen LogP contribution in [0.15, 0.2) is 24.4 Å². The number of halogens is 1. The van der Waals surface area contributed by atoms with Gasteiger partial charge in [0.2, 0.25) is 5.91 Å². The van der Waals surface area contributed by atoms with Gasteiger partial charge in [0.25, 0.3) is 0 Å². The summed E-state index contributed by atoms with van der Waals surface area (Å²) in [6, 6.07) is 5.96. The van der Waals surface area contributed by atoms with E-state index in [1.807, 2.05) is 29.3 Å². The number of alkyl halides is 1. The topological polar surface area (TPSA) is 62.2 Å². The van der Waals surface area contributed by atoms with Gasteiger partial charge in [-0.25, -0.2) is 9.97 Å². The Balaban J connectivity index is 1.65. The molecule has 0 aliphatic carbocycles. The van der Waals surface area contributed by atoms with E-state index in [1.54, 1.807) is 0 Å². The van der Waals surface area contributed by atoms with Crippen LogP contribution in [0, 0.1) is 6.92 Å². The summed E-state index contributed by atoms with van der Waals surface area (Å²) in [4.78, 5) is 31.0. The minimum atomic E-state index is -0.0432. The van der Waals surface area contributed by atoms with E-state index in [-0.39, 0.29) is 11.9 Å². The summed E-state index contributed by atoms with van der Waals surface area (Å²) in [5.41, 5.74) is 3.29. The van der Waals surface area contributed by atoms with Crippen molar-refractivity contribution in [2.24, 2.45) is 0 Å². The van der Waals surface area contributed by atoms with Crippen molar-refractivity contribution in [2.75, 3.05) is 23.9 Å². The minimum absolute atomic E-state index is 0.0432. The van der Waals surface area contributed by atoms with E-state index in [1.165, 1.54) is 5.56 Å². The number of nitrogens with zero attached hydrogens (tertiary/aromatic N) is 5. The highest BCUT2D eigenvalue weighted by Gasteiger charge is 2.33. The number of fused-ring (bicyclic) bond motifs is 1. The monoisotopic (exact) mass is 399 g/mol. The second kappa shape index (κ2) is 8.43. The molecule has 1 amide bonds. The number of aryl methyl sites for hydroxylation is 1. The average Bonchev–Trinajstić information content (AvgIpc) is 3.19. The maximum atomic E-state index is 12.5. The molecule has 1 atom stereocenters. The third kappa shape index (κ3) is 3.83. The zero-order chi connectivity index (χ0) is 19.5. The maximum absolute atomic E-state index is 12.5.